The van der Waals surface area contributed by atoms with Crippen LogP contribution in [0.2, 0.25) is 0 Å². The third kappa shape index (κ3) is 3.12. The van der Waals surface area contributed by atoms with Gasteiger partial charge >= 0.3 is 0 Å². The molecule has 2 aromatic carbocycles. The number of hydrogen-bond donors (Lipinski definition) is 2. The summed E-state index contributed by atoms with van der Waals surface area (Å²) < 4.78 is 5.41. The fraction of sp³-hybridized carbons (Fsp3) is 0.0952. The highest BCUT2D eigenvalue weighted by Crippen LogP contribution is 2.23. The van der Waals surface area contributed by atoms with Crippen LogP contribution < -0.4 is 5.32 Å². The molecule has 0 fully saturated rings. The Labute approximate surface area is 145 Å². The van der Waals surface area contributed by atoms with Crippen LogP contribution in [0.5, 0.6) is 0 Å². The Morgan fingerprint density at radius 3 is 2.60 bits per heavy atom. The van der Waals surface area contributed by atoms with E-state index in [4.69, 9.17) is 4.42 Å². The number of furan rings is 1. The lowest BCUT2D eigenvalue weighted by Gasteiger charge is -2.14. The van der Waals surface area contributed by atoms with Gasteiger partial charge in [-0.3, -0.25) is 4.79 Å². The molecule has 0 aliphatic carbocycles. The Morgan fingerprint density at radius 2 is 1.80 bits per heavy atom. The lowest BCUT2D eigenvalue weighted by atomic mass is 9.97. The molecule has 4 nitrogen and oxygen atoms in total. The third-order valence-corrected chi connectivity index (χ3v) is 4.43. The molecule has 0 saturated heterocycles. The molecule has 0 saturated carbocycles. The van der Waals surface area contributed by atoms with Crippen molar-refractivity contribution in [2.45, 2.75) is 12.6 Å². The second-order valence-corrected chi connectivity index (χ2v) is 6.02. The number of nitrogens with two attached hydrogens (primary N) is 1. The fourth-order valence-electron chi connectivity index (χ4n) is 3.16. The van der Waals surface area contributed by atoms with Gasteiger partial charge in [-0.15, -0.1) is 0 Å². The first kappa shape index (κ1) is 15.4. The van der Waals surface area contributed by atoms with E-state index >= 15 is 0 Å². The molecule has 25 heavy (non-hydrogen) atoms. The number of aromatic amines is 1. The standard InChI is InChI=1S/C21H18N2O2/c24-21(18-14-22-19-11-5-4-10-17(18)19)20(15-7-2-1-3-8-15)23-13-16-9-6-12-25-16/h1-12,14,20,22-23H,13H2/p+1/t20-/m1/s1. The van der Waals surface area contributed by atoms with Gasteiger partial charge in [0.1, 0.15) is 6.54 Å². The van der Waals surface area contributed by atoms with E-state index in [2.05, 4.69) is 4.98 Å². The maximum atomic E-state index is 13.3. The largest absolute Gasteiger partial charge is 0.463 e. The first-order valence-corrected chi connectivity index (χ1v) is 8.34. The number of para-hydroxylation sites is 1. The Hall–Kier alpha value is -3.11. The van der Waals surface area contributed by atoms with Crippen LogP contribution in [-0.2, 0) is 6.54 Å². The van der Waals surface area contributed by atoms with Crippen molar-refractivity contribution in [3.05, 3.63) is 96.1 Å². The quantitative estimate of drug-likeness (QED) is 0.532. The maximum absolute atomic E-state index is 13.3. The van der Waals surface area contributed by atoms with Crippen LogP contribution in [0.3, 0.4) is 0 Å². The van der Waals surface area contributed by atoms with Gasteiger partial charge < -0.3 is 14.7 Å². The summed E-state index contributed by atoms with van der Waals surface area (Å²) >= 11 is 0. The van der Waals surface area contributed by atoms with Crippen molar-refractivity contribution in [3.8, 4) is 0 Å². The molecule has 3 N–H and O–H groups in total. The van der Waals surface area contributed by atoms with E-state index in [9.17, 15) is 4.79 Å². The SMILES string of the molecule is O=C(c1c[nH]c2ccccc12)[C@H]([NH2+]Cc1ccco1)c1ccccc1. The molecule has 0 aliphatic heterocycles. The van der Waals surface area contributed by atoms with Crippen LogP contribution in [0.15, 0.2) is 83.6 Å². The maximum Gasteiger partial charge on any atom is 0.226 e. The Morgan fingerprint density at radius 1 is 1.00 bits per heavy atom. The van der Waals surface area contributed by atoms with Crippen molar-refractivity contribution in [1.82, 2.24) is 4.98 Å². The third-order valence-electron chi connectivity index (χ3n) is 4.43. The molecular formula is C21H19N2O2+. The number of rotatable bonds is 6. The van der Waals surface area contributed by atoms with Crippen LogP contribution in [0.4, 0.5) is 0 Å². The van der Waals surface area contributed by atoms with Crippen molar-refractivity contribution in [2.24, 2.45) is 0 Å². The monoisotopic (exact) mass is 331 g/mol. The number of Topliss-reactive ketones (excluding diaryl/α,β-unsaturated/α-hetero) is 1. The molecule has 1 atom stereocenters. The number of hydrogen-bond acceptors (Lipinski definition) is 2. The number of aromatic nitrogens is 1. The molecule has 2 aromatic heterocycles. The molecule has 0 amide bonds. The second-order valence-electron chi connectivity index (χ2n) is 6.02. The van der Waals surface area contributed by atoms with E-state index in [-0.39, 0.29) is 11.8 Å². The summed E-state index contributed by atoms with van der Waals surface area (Å²) in [5.41, 5.74) is 2.69. The minimum atomic E-state index is -0.314. The predicted octanol–water partition coefficient (Wildman–Crippen LogP) is 3.45. The predicted molar refractivity (Wildman–Crippen MR) is 96.1 cm³/mol. The minimum Gasteiger partial charge on any atom is -0.463 e. The first-order chi connectivity index (χ1) is 12.3. The number of benzene rings is 2. The van der Waals surface area contributed by atoms with Crippen molar-refractivity contribution in [1.29, 1.82) is 0 Å². The van der Waals surface area contributed by atoms with Gasteiger partial charge in [0, 0.05) is 28.2 Å². The fourth-order valence-corrected chi connectivity index (χ4v) is 3.16. The van der Waals surface area contributed by atoms with Crippen LogP contribution >= 0.6 is 0 Å². The summed E-state index contributed by atoms with van der Waals surface area (Å²) in [5.74, 6) is 0.947. The normalized spacial score (nSPS) is 12.3. The summed E-state index contributed by atoms with van der Waals surface area (Å²) in [4.78, 5) is 16.5. The molecule has 0 radical (unpaired) electrons. The van der Waals surface area contributed by atoms with Gasteiger partial charge in [0.25, 0.3) is 0 Å². The zero-order valence-corrected chi connectivity index (χ0v) is 13.7. The zero-order valence-electron chi connectivity index (χ0n) is 13.7. The molecule has 0 spiro atoms. The molecule has 4 rings (SSSR count). The smallest absolute Gasteiger partial charge is 0.226 e. The molecule has 0 aliphatic rings. The van der Waals surface area contributed by atoms with E-state index in [1.165, 1.54) is 0 Å². The average Bonchev–Trinajstić information content (AvgIpc) is 3.32. The van der Waals surface area contributed by atoms with Crippen molar-refractivity contribution in [2.75, 3.05) is 0 Å². The van der Waals surface area contributed by atoms with Gasteiger partial charge in [0.05, 0.1) is 6.26 Å². The number of quaternary nitrogens is 1. The topological polar surface area (TPSA) is 62.6 Å². The van der Waals surface area contributed by atoms with Gasteiger partial charge in [-0.2, -0.15) is 0 Å². The van der Waals surface area contributed by atoms with Crippen molar-refractivity contribution >= 4 is 16.7 Å². The van der Waals surface area contributed by atoms with E-state index in [1.54, 1.807) is 6.26 Å². The van der Waals surface area contributed by atoms with Gasteiger partial charge in [-0.05, 0) is 18.2 Å². The highest BCUT2D eigenvalue weighted by molar-refractivity contribution is 6.09. The Balaban J connectivity index is 1.68. The number of nitrogens with one attached hydrogen (secondary N) is 1. The summed E-state index contributed by atoms with van der Waals surface area (Å²) in [7, 11) is 0. The van der Waals surface area contributed by atoms with E-state index in [0.717, 1.165) is 27.8 Å². The number of ketones is 1. The number of carbonyl (C=O) groups excluding carboxylic acids is 1. The second kappa shape index (κ2) is 6.79. The number of carbonyl (C=O) groups is 1. The summed E-state index contributed by atoms with van der Waals surface area (Å²) in [6, 6.07) is 21.2. The molecule has 2 heterocycles. The van der Waals surface area contributed by atoms with Crippen LogP contribution in [-0.4, -0.2) is 10.8 Å². The molecule has 124 valence electrons. The summed E-state index contributed by atoms with van der Waals surface area (Å²) in [6.07, 6.45) is 3.46. The molecule has 0 unspecified atom stereocenters. The highest BCUT2D eigenvalue weighted by atomic mass is 16.3. The van der Waals surface area contributed by atoms with Gasteiger partial charge in [0.2, 0.25) is 5.78 Å². The van der Waals surface area contributed by atoms with Crippen molar-refractivity contribution in [3.63, 3.8) is 0 Å². The minimum absolute atomic E-state index is 0.0928. The van der Waals surface area contributed by atoms with Gasteiger partial charge in [-0.1, -0.05) is 48.5 Å². The zero-order chi connectivity index (χ0) is 17.1. The van der Waals surface area contributed by atoms with E-state index in [1.807, 2.05) is 78.2 Å². The van der Waals surface area contributed by atoms with Crippen LogP contribution in [0.25, 0.3) is 10.9 Å². The molecule has 4 aromatic rings. The molecular weight excluding hydrogens is 312 g/mol. The van der Waals surface area contributed by atoms with Crippen molar-refractivity contribution < 1.29 is 14.5 Å². The lowest BCUT2D eigenvalue weighted by molar-refractivity contribution is -0.698. The molecule has 4 heteroatoms. The lowest BCUT2D eigenvalue weighted by Crippen LogP contribution is -2.85. The number of H-pyrrole nitrogens is 1. The van der Waals surface area contributed by atoms with E-state index in [0.29, 0.717) is 6.54 Å². The number of fused-ring (bicyclic) bond motifs is 1. The summed E-state index contributed by atoms with van der Waals surface area (Å²) in [6.45, 7) is 0.612. The van der Waals surface area contributed by atoms with Crippen LogP contribution in [0.1, 0.15) is 27.7 Å². The Bertz CT molecular complexity index is 971. The summed E-state index contributed by atoms with van der Waals surface area (Å²) in [5, 5.41) is 2.98. The van der Waals surface area contributed by atoms with E-state index < -0.39 is 0 Å². The van der Waals surface area contributed by atoms with Gasteiger partial charge in [0.15, 0.2) is 11.8 Å². The Kier molecular flexibility index (Phi) is 4.19. The average molecular weight is 331 g/mol. The highest BCUT2D eigenvalue weighted by Gasteiger charge is 2.27. The molecule has 0 bridgehead atoms. The first-order valence-electron chi connectivity index (χ1n) is 8.34. The van der Waals surface area contributed by atoms with Crippen LogP contribution in [0, 0.1) is 0 Å². The van der Waals surface area contributed by atoms with Gasteiger partial charge in [-0.25, -0.2) is 0 Å².